The van der Waals surface area contributed by atoms with Crippen LogP contribution in [0.15, 0.2) is 42.5 Å². The lowest BCUT2D eigenvalue weighted by molar-refractivity contribution is 0.623. The van der Waals surface area contributed by atoms with Crippen molar-refractivity contribution in [3.8, 4) is 6.07 Å². The topological polar surface area (TPSA) is 27.0 Å². The molecule has 0 amide bonds. The van der Waals surface area contributed by atoms with E-state index in [0.29, 0.717) is 12.1 Å². The Morgan fingerprint density at radius 1 is 1.14 bits per heavy atom. The summed E-state index contributed by atoms with van der Waals surface area (Å²) in [6.07, 6.45) is 3.37. The SMILES string of the molecule is N#Cc1ccc(F)cc1CN1CCCCc2ccccc21. The zero-order valence-corrected chi connectivity index (χ0v) is 11.8. The molecular weight excluding hydrogens is 263 g/mol. The summed E-state index contributed by atoms with van der Waals surface area (Å²) in [6, 6.07) is 14.9. The highest BCUT2D eigenvalue weighted by Gasteiger charge is 2.16. The average Bonchev–Trinajstić information content (AvgIpc) is 2.70. The number of hydrogen-bond acceptors (Lipinski definition) is 2. The van der Waals surface area contributed by atoms with Crippen LogP contribution in [0.25, 0.3) is 0 Å². The molecule has 0 fully saturated rings. The van der Waals surface area contributed by atoms with Crippen molar-refractivity contribution in [3.05, 3.63) is 65.0 Å². The van der Waals surface area contributed by atoms with Crippen molar-refractivity contribution in [3.63, 3.8) is 0 Å². The van der Waals surface area contributed by atoms with E-state index in [1.54, 1.807) is 6.07 Å². The highest BCUT2D eigenvalue weighted by atomic mass is 19.1. The molecule has 0 aliphatic carbocycles. The first-order valence-corrected chi connectivity index (χ1v) is 7.29. The van der Waals surface area contributed by atoms with E-state index >= 15 is 0 Å². The van der Waals surface area contributed by atoms with Gasteiger partial charge in [0.2, 0.25) is 0 Å². The van der Waals surface area contributed by atoms with Gasteiger partial charge < -0.3 is 4.90 Å². The van der Waals surface area contributed by atoms with Gasteiger partial charge in [-0.1, -0.05) is 18.2 Å². The van der Waals surface area contributed by atoms with E-state index in [1.165, 1.54) is 29.8 Å². The van der Waals surface area contributed by atoms with Gasteiger partial charge in [-0.15, -0.1) is 0 Å². The van der Waals surface area contributed by atoms with Crippen molar-refractivity contribution >= 4 is 5.69 Å². The van der Waals surface area contributed by atoms with Crippen molar-refractivity contribution in [1.29, 1.82) is 5.26 Å². The molecule has 21 heavy (non-hydrogen) atoms. The number of benzene rings is 2. The number of nitriles is 1. The quantitative estimate of drug-likeness (QED) is 0.830. The molecule has 2 aromatic carbocycles. The van der Waals surface area contributed by atoms with Crippen LogP contribution in [0.3, 0.4) is 0 Å². The number of rotatable bonds is 2. The predicted molar refractivity (Wildman–Crippen MR) is 81.5 cm³/mol. The molecule has 0 unspecified atom stereocenters. The Balaban J connectivity index is 1.95. The highest BCUT2D eigenvalue weighted by molar-refractivity contribution is 5.55. The molecule has 0 spiro atoms. The summed E-state index contributed by atoms with van der Waals surface area (Å²) < 4.78 is 13.5. The second-order valence-electron chi connectivity index (χ2n) is 5.42. The molecule has 0 bridgehead atoms. The molecule has 0 N–H and O–H groups in total. The molecule has 2 nitrogen and oxygen atoms in total. The molecule has 1 aliphatic rings. The predicted octanol–water partition coefficient (Wildman–Crippen LogP) is 4.04. The maximum Gasteiger partial charge on any atom is 0.123 e. The van der Waals surface area contributed by atoms with Gasteiger partial charge in [-0.3, -0.25) is 0 Å². The van der Waals surface area contributed by atoms with Gasteiger partial charge in [0, 0.05) is 18.8 Å². The summed E-state index contributed by atoms with van der Waals surface area (Å²) >= 11 is 0. The summed E-state index contributed by atoms with van der Waals surface area (Å²) in [7, 11) is 0. The minimum absolute atomic E-state index is 0.285. The number of aryl methyl sites for hydroxylation is 1. The summed E-state index contributed by atoms with van der Waals surface area (Å²) in [5, 5.41) is 9.20. The Bertz CT molecular complexity index is 688. The summed E-state index contributed by atoms with van der Waals surface area (Å²) in [4.78, 5) is 2.26. The van der Waals surface area contributed by atoms with Crippen LogP contribution < -0.4 is 4.90 Å². The van der Waals surface area contributed by atoms with Crippen LogP contribution in [0.2, 0.25) is 0 Å². The normalized spacial score (nSPS) is 14.2. The number of hydrogen-bond donors (Lipinski definition) is 0. The third kappa shape index (κ3) is 2.90. The van der Waals surface area contributed by atoms with Gasteiger partial charge >= 0.3 is 0 Å². The Morgan fingerprint density at radius 2 is 2.00 bits per heavy atom. The van der Waals surface area contributed by atoms with Crippen LogP contribution in [-0.2, 0) is 13.0 Å². The monoisotopic (exact) mass is 280 g/mol. The lowest BCUT2D eigenvalue weighted by Crippen LogP contribution is -2.24. The van der Waals surface area contributed by atoms with E-state index < -0.39 is 0 Å². The molecule has 2 aromatic rings. The van der Waals surface area contributed by atoms with Gasteiger partial charge in [0.25, 0.3) is 0 Å². The van der Waals surface area contributed by atoms with E-state index in [4.69, 9.17) is 0 Å². The first-order chi connectivity index (χ1) is 10.3. The second-order valence-corrected chi connectivity index (χ2v) is 5.42. The van der Waals surface area contributed by atoms with Gasteiger partial charge in [0.15, 0.2) is 0 Å². The first-order valence-electron chi connectivity index (χ1n) is 7.29. The van der Waals surface area contributed by atoms with Gasteiger partial charge in [0.1, 0.15) is 5.82 Å². The van der Waals surface area contributed by atoms with Crippen molar-refractivity contribution < 1.29 is 4.39 Å². The summed E-state index contributed by atoms with van der Waals surface area (Å²) in [5.74, 6) is -0.285. The van der Waals surface area contributed by atoms with Gasteiger partial charge in [-0.05, 0) is 54.7 Å². The molecule has 1 aliphatic heterocycles. The molecule has 1 heterocycles. The fourth-order valence-electron chi connectivity index (χ4n) is 2.94. The molecule has 0 saturated heterocycles. The van der Waals surface area contributed by atoms with Gasteiger partial charge in [0.05, 0.1) is 11.6 Å². The van der Waals surface area contributed by atoms with E-state index in [1.807, 2.05) is 6.07 Å². The number of fused-ring (bicyclic) bond motifs is 1. The van der Waals surface area contributed by atoms with Crippen molar-refractivity contribution in [2.24, 2.45) is 0 Å². The van der Waals surface area contributed by atoms with Crippen LogP contribution >= 0.6 is 0 Å². The number of halogens is 1. The zero-order chi connectivity index (χ0) is 14.7. The van der Waals surface area contributed by atoms with Crippen LogP contribution in [0.1, 0.15) is 29.5 Å². The third-order valence-electron chi connectivity index (χ3n) is 4.01. The van der Waals surface area contributed by atoms with Crippen LogP contribution in [0.4, 0.5) is 10.1 Å². The highest BCUT2D eigenvalue weighted by Crippen LogP contribution is 2.28. The Hall–Kier alpha value is -2.34. The number of nitrogens with zero attached hydrogens (tertiary/aromatic N) is 2. The average molecular weight is 280 g/mol. The smallest absolute Gasteiger partial charge is 0.123 e. The Labute approximate surface area is 124 Å². The minimum atomic E-state index is -0.285. The molecule has 3 heteroatoms. The van der Waals surface area contributed by atoms with E-state index in [9.17, 15) is 9.65 Å². The Morgan fingerprint density at radius 3 is 2.86 bits per heavy atom. The maximum absolute atomic E-state index is 13.5. The molecular formula is C18H17FN2. The van der Waals surface area contributed by atoms with E-state index in [-0.39, 0.29) is 5.82 Å². The first kappa shape index (κ1) is 13.6. The number of para-hydroxylation sites is 1. The van der Waals surface area contributed by atoms with Crippen molar-refractivity contribution in [2.45, 2.75) is 25.8 Å². The summed E-state index contributed by atoms with van der Waals surface area (Å²) in [6.45, 7) is 1.52. The standard InChI is InChI=1S/C18H17FN2/c19-17-9-8-15(12-20)16(11-17)13-21-10-4-3-6-14-5-1-2-7-18(14)21/h1-2,5,7-9,11H,3-4,6,10,13H2. The van der Waals surface area contributed by atoms with Crippen molar-refractivity contribution in [1.82, 2.24) is 0 Å². The zero-order valence-electron chi connectivity index (χ0n) is 11.8. The fourth-order valence-corrected chi connectivity index (χ4v) is 2.94. The minimum Gasteiger partial charge on any atom is -0.367 e. The van der Waals surface area contributed by atoms with Gasteiger partial charge in [-0.2, -0.15) is 5.26 Å². The molecule has 0 saturated carbocycles. The van der Waals surface area contributed by atoms with Crippen LogP contribution in [-0.4, -0.2) is 6.54 Å². The number of anilines is 1. The fraction of sp³-hybridized carbons (Fsp3) is 0.278. The van der Waals surface area contributed by atoms with Crippen molar-refractivity contribution in [2.75, 3.05) is 11.4 Å². The Kier molecular flexibility index (Phi) is 3.87. The molecule has 106 valence electrons. The molecule has 0 atom stereocenters. The maximum atomic E-state index is 13.5. The van der Waals surface area contributed by atoms with Crippen LogP contribution in [0, 0.1) is 17.1 Å². The summed E-state index contributed by atoms with van der Waals surface area (Å²) in [5.41, 5.74) is 3.86. The lowest BCUT2D eigenvalue weighted by Gasteiger charge is -2.25. The van der Waals surface area contributed by atoms with E-state index in [0.717, 1.165) is 24.9 Å². The van der Waals surface area contributed by atoms with E-state index in [2.05, 4.69) is 29.2 Å². The molecule has 0 radical (unpaired) electrons. The molecule has 3 rings (SSSR count). The lowest BCUT2D eigenvalue weighted by atomic mass is 10.1. The second kappa shape index (κ2) is 5.97. The van der Waals surface area contributed by atoms with Crippen LogP contribution in [0.5, 0.6) is 0 Å². The third-order valence-corrected chi connectivity index (χ3v) is 4.01. The van der Waals surface area contributed by atoms with Gasteiger partial charge in [-0.25, -0.2) is 4.39 Å². The molecule has 0 aromatic heterocycles. The largest absolute Gasteiger partial charge is 0.367 e.